The number of halogens is 1. The summed E-state index contributed by atoms with van der Waals surface area (Å²) in [7, 11) is 0. The number of hydrogen-bond donors (Lipinski definition) is 0. The first-order valence-electron chi connectivity index (χ1n) is 7.80. The van der Waals surface area contributed by atoms with Gasteiger partial charge in [-0.1, -0.05) is 17.3 Å². The Hall–Kier alpha value is -2.61. The summed E-state index contributed by atoms with van der Waals surface area (Å²) in [6.45, 7) is 6.61. The van der Waals surface area contributed by atoms with E-state index in [-0.39, 0.29) is 5.82 Å². The predicted molar refractivity (Wildman–Crippen MR) is 83.3 cm³/mol. The van der Waals surface area contributed by atoms with Gasteiger partial charge >= 0.3 is 0 Å². The van der Waals surface area contributed by atoms with Gasteiger partial charge < -0.3 is 9.09 Å². The van der Waals surface area contributed by atoms with Crippen LogP contribution in [0.2, 0.25) is 0 Å². The summed E-state index contributed by atoms with van der Waals surface area (Å²) in [5, 5.41) is 12.2. The molecule has 1 aromatic carbocycles. The molecule has 124 valence electrons. The minimum atomic E-state index is -0.274. The Kier molecular flexibility index (Phi) is 3.61. The zero-order valence-electron chi connectivity index (χ0n) is 13.5. The van der Waals surface area contributed by atoms with Crippen LogP contribution in [0, 0.1) is 19.7 Å². The number of rotatable bonds is 3. The second-order valence-electron chi connectivity index (χ2n) is 6.00. The standard InChI is InChI=1S/C16H17FN6O/c1-10-3-4-12(7-13(10)17)16-18-15(24-21-16)9-22-5-6-23-11(2)19-20-14(23)8-22/h3-4,7H,5-6,8-9H2,1-2H3. The third kappa shape index (κ3) is 2.69. The molecule has 0 N–H and O–H groups in total. The predicted octanol–water partition coefficient (Wildman–Crippen LogP) is 2.10. The van der Waals surface area contributed by atoms with E-state index in [4.69, 9.17) is 4.52 Å². The zero-order valence-corrected chi connectivity index (χ0v) is 13.5. The number of fused-ring (bicyclic) bond motifs is 1. The Balaban J connectivity index is 1.49. The van der Waals surface area contributed by atoms with Gasteiger partial charge in [0.2, 0.25) is 11.7 Å². The van der Waals surface area contributed by atoms with Crippen molar-refractivity contribution >= 4 is 0 Å². The minimum Gasteiger partial charge on any atom is -0.338 e. The highest BCUT2D eigenvalue weighted by molar-refractivity contribution is 5.54. The lowest BCUT2D eigenvalue weighted by atomic mass is 10.1. The van der Waals surface area contributed by atoms with Gasteiger partial charge in [-0.2, -0.15) is 4.98 Å². The van der Waals surface area contributed by atoms with E-state index in [1.807, 2.05) is 6.92 Å². The fourth-order valence-electron chi connectivity index (χ4n) is 2.85. The summed E-state index contributed by atoms with van der Waals surface area (Å²) >= 11 is 0. The average molecular weight is 328 g/mol. The third-order valence-electron chi connectivity index (χ3n) is 4.27. The monoisotopic (exact) mass is 328 g/mol. The van der Waals surface area contributed by atoms with Crippen molar-refractivity contribution in [2.45, 2.75) is 33.5 Å². The molecule has 1 aliphatic heterocycles. The van der Waals surface area contributed by atoms with E-state index < -0.39 is 0 Å². The fraction of sp³-hybridized carbons (Fsp3) is 0.375. The normalized spacial score (nSPS) is 14.8. The Morgan fingerprint density at radius 1 is 1.21 bits per heavy atom. The van der Waals surface area contributed by atoms with Gasteiger partial charge in [-0.3, -0.25) is 4.90 Å². The second kappa shape index (κ2) is 5.79. The fourth-order valence-corrected chi connectivity index (χ4v) is 2.85. The molecule has 0 fully saturated rings. The van der Waals surface area contributed by atoms with E-state index in [1.54, 1.807) is 19.1 Å². The molecule has 0 bridgehead atoms. The average Bonchev–Trinajstić information content (AvgIpc) is 3.17. The molecule has 4 rings (SSSR count). The van der Waals surface area contributed by atoms with Crippen LogP contribution in [0.3, 0.4) is 0 Å². The maximum absolute atomic E-state index is 13.7. The van der Waals surface area contributed by atoms with E-state index in [2.05, 4.69) is 29.8 Å². The SMILES string of the molecule is Cc1ccc(-c2noc(CN3CCn4c(C)nnc4C3)n2)cc1F. The Labute approximate surface area is 138 Å². The van der Waals surface area contributed by atoms with Crippen molar-refractivity contribution in [2.24, 2.45) is 0 Å². The van der Waals surface area contributed by atoms with Crippen LogP contribution < -0.4 is 0 Å². The Morgan fingerprint density at radius 2 is 2.08 bits per heavy atom. The topological polar surface area (TPSA) is 72.9 Å². The van der Waals surface area contributed by atoms with Crippen molar-refractivity contribution in [2.75, 3.05) is 6.54 Å². The van der Waals surface area contributed by atoms with Gasteiger partial charge in [0.15, 0.2) is 0 Å². The summed E-state index contributed by atoms with van der Waals surface area (Å²) in [6.07, 6.45) is 0. The number of nitrogens with zero attached hydrogens (tertiary/aromatic N) is 6. The molecule has 0 spiro atoms. The lowest BCUT2D eigenvalue weighted by Gasteiger charge is -2.25. The molecule has 7 nitrogen and oxygen atoms in total. The highest BCUT2D eigenvalue weighted by atomic mass is 19.1. The molecule has 24 heavy (non-hydrogen) atoms. The minimum absolute atomic E-state index is 0.274. The van der Waals surface area contributed by atoms with E-state index in [1.165, 1.54) is 6.07 Å². The lowest BCUT2D eigenvalue weighted by Crippen LogP contribution is -2.33. The summed E-state index contributed by atoms with van der Waals surface area (Å²) in [5.74, 6) is 2.52. The molecule has 0 amide bonds. The molecular weight excluding hydrogens is 311 g/mol. The van der Waals surface area contributed by atoms with Crippen LogP contribution >= 0.6 is 0 Å². The van der Waals surface area contributed by atoms with Crippen LogP contribution in [0.4, 0.5) is 4.39 Å². The van der Waals surface area contributed by atoms with E-state index in [0.29, 0.717) is 35.9 Å². The summed E-state index contributed by atoms with van der Waals surface area (Å²) < 4.78 is 21.1. The molecule has 0 saturated carbocycles. The second-order valence-corrected chi connectivity index (χ2v) is 6.00. The molecule has 2 aromatic heterocycles. The van der Waals surface area contributed by atoms with Gasteiger partial charge in [-0.05, 0) is 25.5 Å². The van der Waals surface area contributed by atoms with E-state index in [0.717, 1.165) is 24.7 Å². The number of hydrogen-bond acceptors (Lipinski definition) is 6. The zero-order chi connectivity index (χ0) is 16.7. The van der Waals surface area contributed by atoms with Crippen LogP contribution in [-0.2, 0) is 19.6 Å². The van der Waals surface area contributed by atoms with Gasteiger partial charge in [0.25, 0.3) is 0 Å². The van der Waals surface area contributed by atoms with Crippen LogP contribution in [0.1, 0.15) is 23.1 Å². The summed E-state index contributed by atoms with van der Waals surface area (Å²) in [6, 6.07) is 4.93. The number of benzene rings is 1. The van der Waals surface area contributed by atoms with Gasteiger partial charge in [0, 0.05) is 18.7 Å². The van der Waals surface area contributed by atoms with Crippen molar-refractivity contribution in [1.82, 2.24) is 29.8 Å². The molecule has 8 heteroatoms. The maximum Gasteiger partial charge on any atom is 0.241 e. The first-order chi connectivity index (χ1) is 11.6. The van der Waals surface area contributed by atoms with Crippen LogP contribution in [-0.4, -0.2) is 36.3 Å². The first-order valence-corrected chi connectivity index (χ1v) is 7.80. The van der Waals surface area contributed by atoms with Crippen molar-refractivity contribution in [3.05, 3.63) is 47.1 Å². The van der Waals surface area contributed by atoms with Crippen molar-refractivity contribution < 1.29 is 8.91 Å². The Bertz CT molecular complexity index is 887. The molecule has 0 radical (unpaired) electrons. The van der Waals surface area contributed by atoms with Gasteiger partial charge in [-0.15, -0.1) is 10.2 Å². The first kappa shape index (κ1) is 14.9. The molecule has 0 unspecified atom stereocenters. The van der Waals surface area contributed by atoms with Crippen LogP contribution in [0.15, 0.2) is 22.7 Å². The highest BCUT2D eigenvalue weighted by Crippen LogP contribution is 2.20. The molecule has 3 aromatic rings. The van der Waals surface area contributed by atoms with Crippen molar-refractivity contribution in [3.8, 4) is 11.4 Å². The van der Waals surface area contributed by atoms with Crippen LogP contribution in [0.5, 0.6) is 0 Å². The third-order valence-corrected chi connectivity index (χ3v) is 4.27. The summed E-state index contributed by atoms with van der Waals surface area (Å²) in [5.41, 5.74) is 1.21. The smallest absolute Gasteiger partial charge is 0.241 e. The molecule has 1 aliphatic rings. The largest absolute Gasteiger partial charge is 0.338 e. The van der Waals surface area contributed by atoms with Crippen LogP contribution in [0.25, 0.3) is 11.4 Å². The van der Waals surface area contributed by atoms with Crippen molar-refractivity contribution in [1.29, 1.82) is 0 Å². The molecule has 3 heterocycles. The van der Waals surface area contributed by atoms with Gasteiger partial charge in [0.05, 0.1) is 13.1 Å². The molecule has 0 aliphatic carbocycles. The maximum atomic E-state index is 13.7. The van der Waals surface area contributed by atoms with Crippen molar-refractivity contribution in [3.63, 3.8) is 0 Å². The number of aromatic nitrogens is 5. The van der Waals surface area contributed by atoms with Gasteiger partial charge in [0.1, 0.15) is 17.5 Å². The molecular formula is C16H17FN6O. The quantitative estimate of drug-likeness (QED) is 0.733. The lowest BCUT2D eigenvalue weighted by molar-refractivity contribution is 0.182. The van der Waals surface area contributed by atoms with Gasteiger partial charge in [-0.25, -0.2) is 4.39 Å². The molecule has 0 saturated heterocycles. The number of aryl methyl sites for hydroxylation is 2. The highest BCUT2D eigenvalue weighted by Gasteiger charge is 2.21. The molecule has 0 atom stereocenters. The van der Waals surface area contributed by atoms with E-state index in [9.17, 15) is 4.39 Å². The summed E-state index contributed by atoms with van der Waals surface area (Å²) in [4.78, 5) is 6.55. The Morgan fingerprint density at radius 3 is 2.92 bits per heavy atom. The van der Waals surface area contributed by atoms with E-state index >= 15 is 0 Å².